The summed E-state index contributed by atoms with van der Waals surface area (Å²) >= 11 is 4.57. The minimum atomic E-state index is -0.259. The number of aryl methyl sites for hydroxylation is 1. The second-order valence-electron chi connectivity index (χ2n) is 4.24. The molecule has 0 spiro atoms. The first kappa shape index (κ1) is 15.3. The third-order valence-corrected chi connectivity index (χ3v) is 4.55. The summed E-state index contributed by atoms with van der Waals surface area (Å²) in [5, 5.41) is 0. The molecule has 6 heteroatoms. The third kappa shape index (κ3) is 3.70. The number of halogens is 2. The van der Waals surface area contributed by atoms with Gasteiger partial charge in [0.15, 0.2) is 0 Å². The summed E-state index contributed by atoms with van der Waals surface area (Å²) in [7, 11) is 0. The van der Waals surface area contributed by atoms with Crippen LogP contribution in [0.15, 0.2) is 38.4 Å². The van der Waals surface area contributed by atoms with Crippen LogP contribution in [0.3, 0.4) is 0 Å². The molecule has 0 radical (unpaired) electrons. The molecule has 0 aliphatic carbocycles. The maximum atomic E-state index is 13.5. The number of hydrogen-bond donors (Lipinski definition) is 1. The molecular formula is C14H14BrFN2OS. The molecule has 0 aliphatic rings. The largest absolute Gasteiger partial charge is 0.309 e. The Hall–Kier alpha value is -1.14. The monoisotopic (exact) mass is 356 g/mol. The Morgan fingerprint density at radius 1 is 1.40 bits per heavy atom. The first-order valence-corrected chi connectivity index (χ1v) is 8.04. The van der Waals surface area contributed by atoms with E-state index in [9.17, 15) is 9.18 Å². The van der Waals surface area contributed by atoms with Gasteiger partial charge in [-0.15, -0.1) is 11.8 Å². The van der Waals surface area contributed by atoms with Crippen molar-refractivity contribution in [1.82, 2.24) is 9.97 Å². The molecule has 0 amide bonds. The second-order valence-corrected chi connectivity index (χ2v) is 6.05. The highest BCUT2D eigenvalue weighted by Crippen LogP contribution is 2.24. The standard InChI is InChI=1S/C14H14BrFN2OS/c1-2-5-10-13(15)14(19)18-12(17-10)8-20-11-7-4-3-6-9(11)16/h3-4,6-7H,2,5,8H2,1H3,(H,17,18,19). The molecule has 0 saturated carbocycles. The molecule has 0 unspecified atom stereocenters. The van der Waals surface area contributed by atoms with E-state index in [2.05, 4.69) is 25.9 Å². The lowest BCUT2D eigenvalue weighted by Crippen LogP contribution is -2.15. The molecule has 0 atom stereocenters. The predicted octanol–water partition coefficient (Wildman–Crippen LogP) is 3.92. The van der Waals surface area contributed by atoms with Crippen molar-refractivity contribution in [2.24, 2.45) is 0 Å². The van der Waals surface area contributed by atoms with Crippen molar-refractivity contribution in [2.75, 3.05) is 0 Å². The van der Waals surface area contributed by atoms with Crippen LogP contribution in [0.2, 0.25) is 0 Å². The fourth-order valence-corrected chi connectivity index (χ4v) is 2.93. The zero-order chi connectivity index (χ0) is 14.5. The number of nitrogens with zero attached hydrogens (tertiary/aromatic N) is 1. The van der Waals surface area contributed by atoms with E-state index >= 15 is 0 Å². The van der Waals surface area contributed by atoms with E-state index in [0.717, 1.165) is 18.5 Å². The van der Waals surface area contributed by atoms with E-state index in [1.54, 1.807) is 18.2 Å². The van der Waals surface area contributed by atoms with Gasteiger partial charge in [0.2, 0.25) is 0 Å². The predicted molar refractivity (Wildman–Crippen MR) is 82.5 cm³/mol. The normalized spacial score (nSPS) is 10.8. The van der Waals surface area contributed by atoms with Crippen LogP contribution in [0, 0.1) is 5.82 Å². The summed E-state index contributed by atoms with van der Waals surface area (Å²) in [5.41, 5.74) is 0.563. The molecule has 2 aromatic rings. The van der Waals surface area contributed by atoms with Crippen molar-refractivity contribution in [1.29, 1.82) is 0 Å². The topological polar surface area (TPSA) is 45.8 Å². The van der Waals surface area contributed by atoms with Gasteiger partial charge in [0.1, 0.15) is 16.1 Å². The van der Waals surface area contributed by atoms with Crippen molar-refractivity contribution in [3.8, 4) is 0 Å². The second kappa shape index (κ2) is 7.04. The summed E-state index contributed by atoms with van der Waals surface area (Å²) < 4.78 is 14.0. The van der Waals surface area contributed by atoms with E-state index in [0.29, 0.717) is 20.9 Å². The minimum absolute atomic E-state index is 0.187. The number of benzene rings is 1. The summed E-state index contributed by atoms with van der Waals surface area (Å²) in [4.78, 5) is 19.5. The lowest BCUT2D eigenvalue weighted by atomic mass is 10.2. The number of aromatic amines is 1. The van der Waals surface area contributed by atoms with Crippen LogP contribution in [0.5, 0.6) is 0 Å². The Bertz CT molecular complexity index is 660. The molecule has 2 rings (SSSR count). The van der Waals surface area contributed by atoms with Crippen molar-refractivity contribution in [3.63, 3.8) is 0 Å². The molecule has 0 bridgehead atoms. The fourth-order valence-electron chi connectivity index (χ4n) is 1.74. The minimum Gasteiger partial charge on any atom is -0.309 e. The van der Waals surface area contributed by atoms with Crippen molar-refractivity contribution in [2.45, 2.75) is 30.4 Å². The number of H-pyrrole nitrogens is 1. The van der Waals surface area contributed by atoms with Crippen LogP contribution in [0.1, 0.15) is 24.9 Å². The molecule has 1 aromatic carbocycles. The summed E-state index contributed by atoms with van der Waals surface area (Å²) in [5.74, 6) is 0.737. The van der Waals surface area contributed by atoms with Gasteiger partial charge in [-0.1, -0.05) is 25.5 Å². The van der Waals surface area contributed by atoms with Gasteiger partial charge in [0.05, 0.1) is 11.4 Å². The van der Waals surface area contributed by atoms with Gasteiger partial charge >= 0.3 is 0 Å². The van der Waals surface area contributed by atoms with Gasteiger partial charge in [0, 0.05) is 4.90 Å². The average molecular weight is 357 g/mol. The molecule has 20 heavy (non-hydrogen) atoms. The van der Waals surface area contributed by atoms with Crippen molar-refractivity contribution >= 4 is 27.7 Å². The fraction of sp³-hybridized carbons (Fsp3) is 0.286. The molecule has 106 valence electrons. The van der Waals surface area contributed by atoms with Crippen molar-refractivity contribution in [3.05, 3.63) is 56.4 Å². The maximum Gasteiger partial charge on any atom is 0.265 e. The molecule has 3 nitrogen and oxygen atoms in total. The molecule has 0 saturated heterocycles. The Morgan fingerprint density at radius 2 is 2.15 bits per heavy atom. The smallest absolute Gasteiger partial charge is 0.265 e. The highest BCUT2D eigenvalue weighted by atomic mass is 79.9. The number of aromatic nitrogens is 2. The average Bonchev–Trinajstić information content (AvgIpc) is 2.43. The zero-order valence-corrected chi connectivity index (χ0v) is 13.4. The van der Waals surface area contributed by atoms with Gasteiger partial charge in [-0.3, -0.25) is 4.79 Å². The Morgan fingerprint density at radius 3 is 2.85 bits per heavy atom. The molecule has 1 N–H and O–H groups in total. The number of hydrogen-bond acceptors (Lipinski definition) is 3. The highest BCUT2D eigenvalue weighted by molar-refractivity contribution is 9.10. The Kier molecular flexibility index (Phi) is 5.37. The van der Waals surface area contributed by atoms with E-state index < -0.39 is 0 Å². The lowest BCUT2D eigenvalue weighted by Gasteiger charge is -2.06. The SMILES string of the molecule is CCCc1nc(CSc2ccccc2F)[nH]c(=O)c1Br. The van der Waals surface area contributed by atoms with Gasteiger partial charge in [0.25, 0.3) is 5.56 Å². The summed E-state index contributed by atoms with van der Waals surface area (Å²) in [6.07, 6.45) is 1.65. The van der Waals surface area contributed by atoms with E-state index in [1.807, 2.05) is 6.92 Å². The first-order valence-electron chi connectivity index (χ1n) is 6.26. The molecule has 1 heterocycles. The van der Waals surface area contributed by atoms with Gasteiger partial charge in [-0.2, -0.15) is 0 Å². The summed E-state index contributed by atoms with van der Waals surface area (Å²) in [6.45, 7) is 2.03. The molecule has 0 fully saturated rings. The molecule has 1 aromatic heterocycles. The van der Waals surface area contributed by atoms with Crippen molar-refractivity contribution < 1.29 is 4.39 Å². The Labute approximate surface area is 129 Å². The van der Waals surface area contributed by atoms with Crippen LogP contribution >= 0.6 is 27.7 Å². The van der Waals surface area contributed by atoms with E-state index in [1.165, 1.54) is 17.8 Å². The maximum absolute atomic E-state index is 13.5. The number of rotatable bonds is 5. The number of nitrogens with one attached hydrogen (secondary N) is 1. The first-order chi connectivity index (χ1) is 9.61. The van der Waals surface area contributed by atoms with E-state index in [-0.39, 0.29) is 11.4 Å². The lowest BCUT2D eigenvalue weighted by molar-refractivity contribution is 0.602. The van der Waals surface area contributed by atoms with Crippen LogP contribution in [-0.4, -0.2) is 9.97 Å². The number of thioether (sulfide) groups is 1. The molecule has 0 aliphatic heterocycles. The zero-order valence-electron chi connectivity index (χ0n) is 11.0. The van der Waals surface area contributed by atoms with Gasteiger partial charge in [-0.05, 0) is 34.5 Å². The summed E-state index contributed by atoms with van der Waals surface area (Å²) in [6, 6.07) is 6.57. The van der Waals surface area contributed by atoms with Crippen LogP contribution < -0.4 is 5.56 Å². The van der Waals surface area contributed by atoms with Gasteiger partial charge in [-0.25, -0.2) is 9.37 Å². The Balaban J connectivity index is 2.18. The van der Waals surface area contributed by atoms with Crippen LogP contribution in [0.25, 0.3) is 0 Å². The van der Waals surface area contributed by atoms with Crippen LogP contribution in [-0.2, 0) is 12.2 Å². The molecular weight excluding hydrogens is 343 g/mol. The third-order valence-electron chi connectivity index (χ3n) is 2.67. The van der Waals surface area contributed by atoms with E-state index in [4.69, 9.17) is 0 Å². The quantitative estimate of drug-likeness (QED) is 0.825. The van der Waals surface area contributed by atoms with Gasteiger partial charge < -0.3 is 4.98 Å². The highest BCUT2D eigenvalue weighted by Gasteiger charge is 2.09. The van der Waals surface area contributed by atoms with Crippen LogP contribution in [0.4, 0.5) is 4.39 Å².